The van der Waals surface area contributed by atoms with Crippen LogP contribution < -0.4 is 0 Å². The lowest BCUT2D eigenvalue weighted by Crippen LogP contribution is -2.31. The van der Waals surface area contributed by atoms with Gasteiger partial charge in [0.1, 0.15) is 5.82 Å². The first kappa shape index (κ1) is 13.6. The van der Waals surface area contributed by atoms with Crippen LogP contribution in [0.5, 0.6) is 0 Å². The molecular weight excluding hydrogens is 221 g/mol. The standard InChI is InChI=1S/C13H18FNO2/c1-3-15(4-2)13(17)9-12(16)10-5-7-11(14)8-6-10/h5-8,12,16H,3-4,9H2,1-2H3. The molecule has 0 aliphatic rings. The molecule has 0 heterocycles. The molecular formula is C13H18FNO2. The highest BCUT2D eigenvalue weighted by atomic mass is 19.1. The van der Waals surface area contributed by atoms with Gasteiger partial charge in [-0.3, -0.25) is 4.79 Å². The van der Waals surface area contributed by atoms with Crippen molar-refractivity contribution in [2.45, 2.75) is 26.4 Å². The third kappa shape index (κ3) is 3.82. The monoisotopic (exact) mass is 239 g/mol. The minimum Gasteiger partial charge on any atom is -0.388 e. The summed E-state index contributed by atoms with van der Waals surface area (Å²) in [6, 6.07) is 5.55. The van der Waals surface area contributed by atoms with Crippen LogP contribution in [0, 0.1) is 5.82 Å². The highest BCUT2D eigenvalue weighted by molar-refractivity contribution is 5.76. The molecule has 0 saturated heterocycles. The molecule has 0 fully saturated rings. The van der Waals surface area contributed by atoms with Crippen molar-refractivity contribution in [2.24, 2.45) is 0 Å². The summed E-state index contributed by atoms with van der Waals surface area (Å²) in [4.78, 5) is 13.4. The van der Waals surface area contributed by atoms with E-state index in [-0.39, 0.29) is 18.1 Å². The molecule has 0 spiro atoms. The second-order valence-electron chi connectivity index (χ2n) is 3.84. The van der Waals surface area contributed by atoms with Crippen LogP contribution in [0.1, 0.15) is 31.9 Å². The highest BCUT2D eigenvalue weighted by Crippen LogP contribution is 2.17. The van der Waals surface area contributed by atoms with Crippen LogP contribution in [-0.4, -0.2) is 29.0 Å². The molecule has 94 valence electrons. The molecule has 0 bridgehead atoms. The maximum absolute atomic E-state index is 12.7. The number of hydrogen-bond donors (Lipinski definition) is 1. The molecule has 3 nitrogen and oxygen atoms in total. The average molecular weight is 239 g/mol. The van der Waals surface area contributed by atoms with Crippen molar-refractivity contribution in [1.82, 2.24) is 4.90 Å². The number of carbonyl (C=O) groups is 1. The molecule has 0 radical (unpaired) electrons. The summed E-state index contributed by atoms with van der Waals surface area (Å²) in [6.45, 7) is 5.05. The maximum Gasteiger partial charge on any atom is 0.225 e. The summed E-state index contributed by atoms with van der Waals surface area (Å²) < 4.78 is 12.7. The lowest BCUT2D eigenvalue weighted by Gasteiger charge is -2.20. The fraction of sp³-hybridized carbons (Fsp3) is 0.462. The number of carbonyl (C=O) groups excluding carboxylic acids is 1. The fourth-order valence-electron chi connectivity index (χ4n) is 1.67. The van der Waals surface area contributed by atoms with Gasteiger partial charge in [-0.2, -0.15) is 0 Å². The van der Waals surface area contributed by atoms with Gasteiger partial charge in [0.05, 0.1) is 12.5 Å². The van der Waals surface area contributed by atoms with Gasteiger partial charge in [-0.25, -0.2) is 4.39 Å². The Morgan fingerprint density at radius 1 is 1.29 bits per heavy atom. The van der Waals surface area contributed by atoms with E-state index in [0.717, 1.165) is 0 Å². The third-order valence-electron chi connectivity index (χ3n) is 2.74. The number of benzene rings is 1. The predicted molar refractivity (Wildman–Crippen MR) is 63.9 cm³/mol. The minimum absolute atomic E-state index is 0.0350. The van der Waals surface area contributed by atoms with E-state index in [1.54, 1.807) is 4.90 Å². The number of nitrogens with zero attached hydrogens (tertiary/aromatic N) is 1. The van der Waals surface area contributed by atoms with Crippen molar-refractivity contribution in [3.63, 3.8) is 0 Å². The third-order valence-corrected chi connectivity index (χ3v) is 2.74. The molecule has 0 aliphatic heterocycles. The van der Waals surface area contributed by atoms with Crippen molar-refractivity contribution in [3.05, 3.63) is 35.6 Å². The normalized spacial score (nSPS) is 12.2. The molecule has 1 unspecified atom stereocenters. The number of hydrogen-bond acceptors (Lipinski definition) is 2. The van der Waals surface area contributed by atoms with E-state index >= 15 is 0 Å². The molecule has 1 atom stereocenters. The van der Waals surface area contributed by atoms with E-state index in [2.05, 4.69) is 0 Å². The zero-order valence-corrected chi connectivity index (χ0v) is 10.2. The number of aliphatic hydroxyl groups is 1. The molecule has 0 saturated carbocycles. The zero-order chi connectivity index (χ0) is 12.8. The summed E-state index contributed by atoms with van der Waals surface area (Å²) in [7, 11) is 0. The van der Waals surface area contributed by atoms with Crippen LogP contribution in [0.25, 0.3) is 0 Å². The quantitative estimate of drug-likeness (QED) is 0.855. The van der Waals surface area contributed by atoms with Gasteiger partial charge in [0.2, 0.25) is 5.91 Å². The number of aliphatic hydroxyl groups excluding tert-OH is 1. The predicted octanol–water partition coefficient (Wildman–Crippen LogP) is 2.12. The SMILES string of the molecule is CCN(CC)C(=O)CC(O)c1ccc(F)cc1. The maximum atomic E-state index is 12.7. The van der Waals surface area contributed by atoms with Gasteiger partial charge in [-0.15, -0.1) is 0 Å². The molecule has 17 heavy (non-hydrogen) atoms. The Balaban J connectivity index is 2.62. The van der Waals surface area contributed by atoms with E-state index in [4.69, 9.17) is 0 Å². The van der Waals surface area contributed by atoms with Gasteiger partial charge < -0.3 is 10.0 Å². The molecule has 0 aromatic heterocycles. The Bertz CT molecular complexity index is 360. The highest BCUT2D eigenvalue weighted by Gasteiger charge is 2.16. The Kier molecular flexibility index (Phi) is 5.10. The largest absolute Gasteiger partial charge is 0.388 e. The molecule has 1 amide bonds. The Morgan fingerprint density at radius 2 is 1.82 bits per heavy atom. The van der Waals surface area contributed by atoms with Gasteiger partial charge in [0.25, 0.3) is 0 Å². The summed E-state index contributed by atoms with van der Waals surface area (Å²) in [5.41, 5.74) is 0.562. The summed E-state index contributed by atoms with van der Waals surface area (Å²) in [5.74, 6) is -0.442. The molecule has 4 heteroatoms. The minimum atomic E-state index is -0.872. The molecule has 1 rings (SSSR count). The molecule has 1 N–H and O–H groups in total. The van der Waals surface area contributed by atoms with E-state index in [0.29, 0.717) is 18.7 Å². The van der Waals surface area contributed by atoms with E-state index < -0.39 is 6.10 Å². The lowest BCUT2D eigenvalue weighted by atomic mass is 10.1. The van der Waals surface area contributed by atoms with Crippen molar-refractivity contribution in [2.75, 3.05) is 13.1 Å². The lowest BCUT2D eigenvalue weighted by molar-refractivity contribution is -0.132. The van der Waals surface area contributed by atoms with Crippen molar-refractivity contribution >= 4 is 5.91 Å². The average Bonchev–Trinajstić information content (AvgIpc) is 2.31. The van der Waals surface area contributed by atoms with Gasteiger partial charge in [-0.05, 0) is 31.5 Å². The zero-order valence-electron chi connectivity index (χ0n) is 10.2. The van der Waals surface area contributed by atoms with Crippen molar-refractivity contribution < 1.29 is 14.3 Å². The Hall–Kier alpha value is -1.42. The Labute approximate surface area is 101 Å². The van der Waals surface area contributed by atoms with Gasteiger partial charge >= 0.3 is 0 Å². The van der Waals surface area contributed by atoms with Crippen molar-refractivity contribution in [3.8, 4) is 0 Å². The topological polar surface area (TPSA) is 40.5 Å². The Morgan fingerprint density at radius 3 is 2.29 bits per heavy atom. The molecule has 1 aromatic carbocycles. The van der Waals surface area contributed by atoms with Crippen LogP contribution in [0.2, 0.25) is 0 Å². The van der Waals surface area contributed by atoms with Gasteiger partial charge in [0, 0.05) is 13.1 Å². The van der Waals surface area contributed by atoms with E-state index in [9.17, 15) is 14.3 Å². The van der Waals surface area contributed by atoms with E-state index in [1.807, 2.05) is 13.8 Å². The van der Waals surface area contributed by atoms with Crippen LogP contribution in [-0.2, 0) is 4.79 Å². The van der Waals surface area contributed by atoms with Gasteiger partial charge in [0.15, 0.2) is 0 Å². The second kappa shape index (κ2) is 6.35. The molecule has 0 aliphatic carbocycles. The second-order valence-corrected chi connectivity index (χ2v) is 3.84. The smallest absolute Gasteiger partial charge is 0.225 e. The number of rotatable bonds is 5. The van der Waals surface area contributed by atoms with Gasteiger partial charge in [-0.1, -0.05) is 12.1 Å². The first-order valence-electron chi connectivity index (χ1n) is 5.79. The fourth-order valence-corrected chi connectivity index (χ4v) is 1.67. The van der Waals surface area contributed by atoms with Crippen LogP contribution >= 0.6 is 0 Å². The summed E-state index contributed by atoms with van der Waals surface area (Å²) >= 11 is 0. The summed E-state index contributed by atoms with van der Waals surface area (Å²) in [5, 5.41) is 9.85. The summed E-state index contributed by atoms with van der Waals surface area (Å²) in [6.07, 6.45) is -0.837. The van der Waals surface area contributed by atoms with Crippen LogP contribution in [0.3, 0.4) is 0 Å². The molecule has 1 aromatic rings. The van der Waals surface area contributed by atoms with E-state index in [1.165, 1.54) is 24.3 Å². The van der Waals surface area contributed by atoms with Crippen LogP contribution in [0.4, 0.5) is 4.39 Å². The number of halogens is 1. The van der Waals surface area contributed by atoms with Crippen molar-refractivity contribution in [1.29, 1.82) is 0 Å². The van der Waals surface area contributed by atoms with Crippen LogP contribution in [0.15, 0.2) is 24.3 Å². The first-order chi connectivity index (χ1) is 8.08. The first-order valence-corrected chi connectivity index (χ1v) is 5.79. The number of amides is 1.